The Morgan fingerprint density at radius 2 is 1.50 bits per heavy atom. The van der Waals surface area contributed by atoms with Crippen LogP contribution in [0.4, 0.5) is 0 Å². The van der Waals surface area contributed by atoms with Crippen LogP contribution in [0, 0.1) is 11.8 Å². The topological polar surface area (TPSA) is 98.0 Å². The van der Waals surface area contributed by atoms with Crippen molar-refractivity contribution in [2.24, 2.45) is 11.8 Å². The summed E-state index contributed by atoms with van der Waals surface area (Å²) in [5.41, 5.74) is -0.0315. The van der Waals surface area contributed by atoms with E-state index >= 15 is 0 Å². The highest BCUT2D eigenvalue weighted by atomic mass is 16.4. The monoisotopic (exact) mass is 204 g/mol. The maximum Gasteiger partial charge on any atom is 0.330 e. The lowest BCUT2D eigenvalue weighted by atomic mass is 9.88. The molecule has 0 aromatic heterocycles. The molecular weight excluding hydrogens is 188 g/mol. The van der Waals surface area contributed by atoms with Gasteiger partial charge in [0.2, 0.25) is 0 Å². The molecule has 0 aliphatic heterocycles. The second-order valence-electron chi connectivity index (χ2n) is 3.18. The first-order valence-corrected chi connectivity index (χ1v) is 4.30. The van der Waals surface area contributed by atoms with Gasteiger partial charge in [-0.1, -0.05) is 6.58 Å². The Bertz CT molecular complexity index is 197. The fourth-order valence-electron chi connectivity index (χ4n) is 1.14. The smallest absolute Gasteiger partial charge is 0.330 e. The third-order valence-corrected chi connectivity index (χ3v) is 2.18. The van der Waals surface area contributed by atoms with Gasteiger partial charge in [-0.25, -0.2) is 4.79 Å². The van der Waals surface area contributed by atoms with Crippen LogP contribution in [-0.4, -0.2) is 46.2 Å². The van der Waals surface area contributed by atoms with Crippen LogP contribution in [-0.2, 0) is 4.79 Å². The van der Waals surface area contributed by atoms with Gasteiger partial charge in [0, 0.05) is 31.3 Å². The van der Waals surface area contributed by atoms with Gasteiger partial charge in [-0.15, -0.1) is 0 Å². The second kappa shape index (κ2) is 6.53. The third kappa shape index (κ3) is 3.87. The summed E-state index contributed by atoms with van der Waals surface area (Å²) >= 11 is 0. The summed E-state index contributed by atoms with van der Waals surface area (Å²) in [4.78, 5) is 10.4. The minimum absolute atomic E-state index is 0.0315. The van der Waals surface area contributed by atoms with Crippen LogP contribution < -0.4 is 0 Å². The van der Waals surface area contributed by atoms with Crippen molar-refractivity contribution in [3.05, 3.63) is 12.2 Å². The van der Waals surface area contributed by atoms with E-state index in [9.17, 15) is 4.79 Å². The van der Waals surface area contributed by atoms with E-state index in [0.717, 1.165) is 0 Å². The van der Waals surface area contributed by atoms with Gasteiger partial charge in [-0.2, -0.15) is 0 Å². The number of rotatable bonds is 7. The minimum Gasteiger partial charge on any atom is -0.478 e. The zero-order valence-electron chi connectivity index (χ0n) is 7.89. The normalized spacial score (nSPS) is 12.9. The van der Waals surface area contributed by atoms with Crippen LogP contribution in [0.5, 0.6) is 0 Å². The quantitative estimate of drug-likeness (QED) is 0.408. The highest BCUT2D eigenvalue weighted by Gasteiger charge is 2.22. The summed E-state index contributed by atoms with van der Waals surface area (Å²) in [6.45, 7) is 2.47. The number of carboxylic acid groups (broad SMARTS) is 1. The molecule has 0 bridgehead atoms. The van der Waals surface area contributed by atoms with Gasteiger partial charge in [0.05, 0.1) is 0 Å². The average molecular weight is 204 g/mol. The molecule has 0 spiro atoms. The molecule has 1 unspecified atom stereocenters. The molecule has 0 radical (unpaired) electrons. The van der Waals surface area contributed by atoms with Crippen LogP contribution in [0.1, 0.15) is 6.42 Å². The molecule has 0 aliphatic carbocycles. The van der Waals surface area contributed by atoms with Crippen molar-refractivity contribution in [3.8, 4) is 0 Å². The van der Waals surface area contributed by atoms with Crippen LogP contribution in [0.2, 0.25) is 0 Å². The first kappa shape index (κ1) is 13.1. The minimum atomic E-state index is -1.13. The van der Waals surface area contributed by atoms with Gasteiger partial charge in [0.1, 0.15) is 0 Å². The van der Waals surface area contributed by atoms with Gasteiger partial charge < -0.3 is 20.4 Å². The van der Waals surface area contributed by atoms with E-state index in [1.165, 1.54) is 0 Å². The lowest BCUT2D eigenvalue weighted by Crippen LogP contribution is -2.26. The molecule has 0 saturated heterocycles. The van der Waals surface area contributed by atoms with Crippen molar-refractivity contribution in [2.45, 2.75) is 6.42 Å². The summed E-state index contributed by atoms with van der Waals surface area (Å²) in [6, 6.07) is 0. The van der Waals surface area contributed by atoms with Gasteiger partial charge in [0.25, 0.3) is 0 Å². The number of aliphatic hydroxyl groups excluding tert-OH is 3. The third-order valence-electron chi connectivity index (χ3n) is 2.18. The highest BCUT2D eigenvalue weighted by molar-refractivity contribution is 5.85. The Kier molecular flexibility index (Phi) is 6.11. The molecule has 0 aromatic carbocycles. The molecule has 4 N–H and O–H groups in total. The summed E-state index contributed by atoms with van der Waals surface area (Å²) in [5, 5.41) is 35.1. The molecule has 5 heteroatoms. The largest absolute Gasteiger partial charge is 0.478 e. The molecule has 0 rings (SSSR count). The molecule has 1 atom stereocenters. The number of hydrogen-bond donors (Lipinski definition) is 4. The molecule has 0 heterocycles. The van der Waals surface area contributed by atoms with Crippen molar-refractivity contribution in [1.29, 1.82) is 0 Å². The lowest BCUT2D eigenvalue weighted by molar-refractivity contribution is -0.133. The summed E-state index contributed by atoms with van der Waals surface area (Å²) in [5.74, 6) is -2.09. The zero-order valence-corrected chi connectivity index (χ0v) is 7.89. The molecule has 0 aliphatic rings. The van der Waals surface area contributed by atoms with Crippen molar-refractivity contribution in [3.63, 3.8) is 0 Å². The molecule has 14 heavy (non-hydrogen) atoms. The first-order chi connectivity index (χ1) is 6.56. The SMILES string of the molecule is C=C(CC(CO)C(CO)CO)C(=O)O. The summed E-state index contributed by atoms with van der Waals surface area (Å²) < 4.78 is 0. The summed E-state index contributed by atoms with van der Waals surface area (Å²) in [7, 11) is 0. The van der Waals surface area contributed by atoms with E-state index in [1.807, 2.05) is 0 Å². The summed E-state index contributed by atoms with van der Waals surface area (Å²) in [6.07, 6.45) is 0.0671. The lowest BCUT2D eigenvalue weighted by Gasteiger charge is -2.21. The maximum absolute atomic E-state index is 10.4. The number of aliphatic carboxylic acids is 1. The fourth-order valence-corrected chi connectivity index (χ4v) is 1.14. The first-order valence-electron chi connectivity index (χ1n) is 4.30. The van der Waals surface area contributed by atoms with Crippen LogP contribution in [0.3, 0.4) is 0 Å². The van der Waals surface area contributed by atoms with Crippen molar-refractivity contribution >= 4 is 5.97 Å². The number of carboxylic acids is 1. The van der Waals surface area contributed by atoms with Crippen LogP contribution in [0.15, 0.2) is 12.2 Å². The highest BCUT2D eigenvalue weighted by Crippen LogP contribution is 2.19. The van der Waals surface area contributed by atoms with E-state index in [2.05, 4.69) is 6.58 Å². The zero-order chi connectivity index (χ0) is 11.1. The number of hydrogen-bond acceptors (Lipinski definition) is 4. The number of carbonyl (C=O) groups is 1. The second-order valence-corrected chi connectivity index (χ2v) is 3.18. The Balaban J connectivity index is 4.27. The van der Waals surface area contributed by atoms with E-state index < -0.39 is 17.8 Å². The molecule has 5 nitrogen and oxygen atoms in total. The molecule has 0 amide bonds. The van der Waals surface area contributed by atoms with Gasteiger partial charge >= 0.3 is 5.97 Å². The van der Waals surface area contributed by atoms with E-state index in [4.69, 9.17) is 20.4 Å². The Morgan fingerprint density at radius 3 is 1.79 bits per heavy atom. The van der Waals surface area contributed by atoms with Gasteiger partial charge in [0.15, 0.2) is 0 Å². The van der Waals surface area contributed by atoms with Crippen molar-refractivity contribution < 1.29 is 25.2 Å². The predicted octanol–water partition coefficient (Wildman–Crippen LogP) is -0.773. The standard InChI is InChI=1S/C9H16O5/c1-6(9(13)14)2-7(3-10)8(4-11)5-12/h7-8,10-12H,1-5H2,(H,13,14). The average Bonchev–Trinajstić information content (AvgIpc) is 2.17. The van der Waals surface area contributed by atoms with Crippen molar-refractivity contribution in [2.75, 3.05) is 19.8 Å². The molecule has 82 valence electrons. The fraction of sp³-hybridized carbons (Fsp3) is 0.667. The Labute approximate surface area is 82.3 Å². The molecule has 0 fully saturated rings. The molecule has 0 saturated carbocycles. The van der Waals surface area contributed by atoms with E-state index in [0.29, 0.717) is 0 Å². The van der Waals surface area contributed by atoms with Crippen LogP contribution >= 0.6 is 0 Å². The predicted molar refractivity (Wildman–Crippen MR) is 49.6 cm³/mol. The Hall–Kier alpha value is -0.910. The number of aliphatic hydroxyl groups is 3. The van der Waals surface area contributed by atoms with Gasteiger partial charge in [-0.05, 0) is 12.3 Å². The van der Waals surface area contributed by atoms with E-state index in [-0.39, 0.29) is 31.8 Å². The molecular formula is C9H16O5. The Morgan fingerprint density at radius 1 is 1.07 bits per heavy atom. The molecule has 0 aromatic rings. The maximum atomic E-state index is 10.4. The van der Waals surface area contributed by atoms with E-state index in [1.54, 1.807) is 0 Å². The van der Waals surface area contributed by atoms with Crippen LogP contribution in [0.25, 0.3) is 0 Å². The van der Waals surface area contributed by atoms with Crippen molar-refractivity contribution in [1.82, 2.24) is 0 Å². The van der Waals surface area contributed by atoms with Gasteiger partial charge in [-0.3, -0.25) is 0 Å².